The van der Waals surface area contributed by atoms with Crippen LogP contribution in [0.2, 0.25) is 0 Å². The number of nitrogens with one attached hydrogen (secondary N) is 1. The minimum atomic E-state index is 0.742. The van der Waals surface area contributed by atoms with Crippen molar-refractivity contribution < 1.29 is 0 Å². The largest absolute Gasteiger partial charge is 0.365 e. The van der Waals surface area contributed by atoms with E-state index in [-0.39, 0.29) is 0 Å². The molecule has 5 heteroatoms. The normalized spacial score (nSPS) is 10.7. The van der Waals surface area contributed by atoms with Crippen LogP contribution in [0, 0.1) is 6.92 Å². The maximum absolute atomic E-state index is 4.42. The Hall–Kier alpha value is -1.36. The summed E-state index contributed by atoms with van der Waals surface area (Å²) in [5, 5.41) is 7.76. The fourth-order valence-corrected chi connectivity index (χ4v) is 2.48. The van der Waals surface area contributed by atoms with Crippen LogP contribution in [-0.4, -0.2) is 14.8 Å². The average Bonchev–Trinajstić information content (AvgIpc) is 2.68. The van der Waals surface area contributed by atoms with Crippen LogP contribution in [0.1, 0.15) is 23.7 Å². The van der Waals surface area contributed by atoms with Crippen LogP contribution in [0.5, 0.6) is 0 Å². The summed E-state index contributed by atoms with van der Waals surface area (Å²) in [6, 6.07) is 2.05. The molecule has 0 bridgehead atoms. The van der Waals surface area contributed by atoms with Crippen molar-refractivity contribution in [3.05, 3.63) is 39.8 Å². The fraction of sp³-hybridized carbons (Fsp3) is 0.385. The van der Waals surface area contributed by atoms with Gasteiger partial charge in [-0.15, -0.1) is 0 Å². The number of nitrogens with zero attached hydrogens (tertiary/aromatic N) is 3. The molecule has 96 valence electrons. The zero-order valence-electron chi connectivity index (χ0n) is 10.9. The van der Waals surface area contributed by atoms with Gasteiger partial charge in [-0.25, -0.2) is 4.98 Å². The van der Waals surface area contributed by atoms with E-state index in [4.69, 9.17) is 0 Å². The molecular weight excluding hydrogens is 292 g/mol. The molecular formula is C13H17BrN4. The van der Waals surface area contributed by atoms with Gasteiger partial charge in [0.25, 0.3) is 0 Å². The van der Waals surface area contributed by atoms with E-state index in [9.17, 15) is 0 Å². The van der Waals surface area contributed by atoms with Gasteiger partial charge in [0.2, 0.25) is 0 Å². The summed E-state index contributed by atoms with van der Waals surface area (Å²) in [5.74, 6) is 0.867. The quantitative estimate of drug-likeness (QED) is 0.944. The molecule has 0 radical (unpaired) electrons. The molecule has 0 aliphatic heterocycles. The molecule has 4 nitrogen and oxygen atoms in total. The van der Waals surface area contributed by atoms with Gasteiger partial charge in [0.05, 0.1) is 10.2 Å². The molecule has 2 rings (SSSR count). The molecule has 2 aromatic heterocycles. The minimum absolute atomic E-state index is 0.742. The van der Waals surface area contributed by atoms with Crippen molar-refractivity contribution in [1.82, 2.24) is 14.8 Å². The summed E-state index contributed by atoms with van der Waals surface area (Å²) in [6.45, 7) is 4.88. The third kappa shape index (κ3) is 2.90. The molecule has 1 N–H and O–H groups in total. The number of hydrogen-bond acceptors (Lipinski definition) is 3. The molecule has 0 atom stereocenters. The highest BCUT2D eigenvalue weighted by atomic mass is 79.9. The van der Waals surface area contributed by atoms with Gasteiger partial charge in [0.1, 0.15) is 5.82 Å². The first-order valence-electron chi connectivity index (χ1n) is 5.97. The van der Waals surface area contributed by atoms with Crippen molar-refractivity contribution in [3.63, 3.8) is 0 Å². The molecule has 2 aromatic rings. The van der Waals surface area contributed by atoms with Gasteiger partial charge >= 0.3 is 0 Å². The van der Waals surface area contributed by atoms with Crippen molar-refractivity contribution in [1.29, 1.82) is 0 Å². The SMILES string of the molecule is CCc1nn(C)cc1CNc1ncc(C)cc1Br. The Bertz CT molecular complexity index is 548. The number of halogens is 1. The van der Waals surface area contributed by atoms with E-state index in [1.54, 1.807) is 0 Å². The summed E-state index contributed by atoms with van der Waals surface area (Å²) in [4.78, 5) is 4.37. The fourth-order valence-electron chi connectivity index (χ4n) is 1.87. The lowest BCUT2D eigenvalue weighted by atomic mass is 10.2. The van der Waals surface area contributed by atoms with E-state index in [2.05, 4.69) is 44.3 Å². The van der Waals surface area contributed by atoms with E-state index in [1.165, 1.54) is 5.56 Å². The average molecular weight is 309 g/mol. The van der Waals surface area contributed by atoms with Gasteiger partial charge in [-0.1, -0.05) is 6.92 Å². The molecule has 0 spiro atoms. The molecule has 0 aliphatic carbocycles. The van der Waals surface area contributed by atoms with E-state index >= 15 is 0 Å². The maximum atomic E-state index is 4.42. The molecule has 18 heavy (non-hydrogen) atoms. The summed E-state index contributed by atoms with van der Waals surface area (Å²) in [6.07, 6.45) is 4.85. The highest BCUT2D eigenvalue weighted by Gasteiger charge is 2.07. The first kappa shape index (κ1) is 13.1. The summed E-state index contributed by atoms with van der Waals surface area (Å²) in [7, 11) is 1.95. The highest BCUT2D eigenvalue weighted by Crippen LogP contribution is 2.21. The second-order valence-electron chi connectivity index (χ2n) is 4.32. The molecule has 0 aliphatic rings. The van der Waals surface area contributed by atoms with Crippen LogP contribution < -0.4 is 5.32 Å². The molecule has 0 amide bonds. The maximum Gasteiger partial charge on any atom is 0.140 e. The second kappa shape index (κ2) is 5.52. The van der Waals surface area contributed by atoms with Crippen LogP contribution in [0.4, 0.5) is 5.82 Å². The van der Waals surface area contributed by atoms with E-state index in [0.717, 1.165) is 34.5 Å². The molecule has 2 heterocycles. The Balaban J connectivity index is 2.11. The lowest BCUT2D eigenvalue weighted by molar-refractivity contribution is 0.746. The first-order chi connectivity index (χ1) is 8.60. The number of aromatic nitrogens is 3. The smallest absolute Gasteiger partial charge is 0.140 e. The Labute approximate surface area is 116 Å². The van der Waals surface area contributed by atoms with Gasteiger partial charge in [0.15, 0.2) is 0 Å². The standard InChI is InChI=1S/C13H17BrN4/c1-4-12-10(8-18(3)17-12)7-16-13-11(14)5-9(2)6-15-13/h5-6,8H,4,7H2,1-3H3,(H,15,16). The zero-order valence-corrected chi connectivity index (χ0v) is 12.5. The Kier molecular flexibility index (Phi) is 4.01. The number of hydrogen-bond donors (Lipinski definition) is 1. The number of pyridine rings is 1. The monoisotopic (exact) mass is 308 g/mol. The Morgan fingerprint density at radius 1 is 1.44 bits per heavy atom. The van der Waals surface area contributed by atoms with Crippen molar-refractivity contribution in [2.75, 3.05) is 5.32 Å². The van der Waals surface area contributed by atoms with Crippen LogP contribution in [0.3, 0.4) is 0 Å². The van der Waals surface area contributed by atoms with E-state index in [0.29, 0.717) is 0 Å². The third-order valence-electron chi connectivity index (χ3n) is 2.75. The van der Waals surface area contributed by atoms with Crippen LogP contribution in [-0.2, 0) is 20.0 Å². The van der Waals surface area contributed by atoms with Crippen molar-refractivity contribution in [2.24, 2.45) is 7.05 Å². The first-order valence-corrected chi connectivity index (χ1v) is 6.77. The lowest BCUT2D eigenvalue weighted by Gasteiger charge is -2.07. The van der Waals surface area contributed by atoms with Crippen molar-refractivity contribution >= 4 is 21.7 Å². The highest BCUT2D eigenvalue weighted by molar-refractivity contribution is 9.10. The summed E-state index contributed by atoms with van der Waals surface area (Å²) < 4.78 is 2.84. The second-order valence-corrected chi connectivity index (χ2v) is 5.18. The molecule has 0 unspecified atom stereocenters. The third-order valence-corrected chi connectivity index (χ3v) is 3.36. The van der Waals surface area contributed by atoms with Crippen LogP contribution in [0.15, 0.2) is 22.9 Å². The van der Waals surface area contributed by atoms with Gasteiger partial charge in [-0.05, 0) is 40.9 Å². The number of aryl methyl sites for hydroxylation is 3. The minimum Gasteiger partial charge on any atom is -0.365 e. The van der Waals surface area contributed by atoms with E-state index in [1.807, 2.05) is 31.0 Å². The van der Waals surface area contributed by atoms with Gasteiger partial charge in [-0.2, -0.15) is 5.10 Å². The van der Waals surface area contributed by atoms with Gasteiger partial charge < -0.3 is 5.32 Å². The lowest BCUT2D eigenvalue weighted by Crippen LogP contribution is -2.03. The Morgan fingerprint density at radius 2 is 2.22 bits per heavy atom. The zero-order chi connectivity index (χ0) is 13.1. The summed E-state index contributed by atoms with van der Waals surface area (Å²) in [5.41, 5.74) is 3.49. The predicted octanol–water partition coefficient (Wildman–Crippen LogP) is 3.06. The van der Waals surface area contributed by atoms with Gasteiger partial charge in [0, 0.05) is 31.5 Å². The van der Waals surface area contributed by atoms with Crippen LogP contribution in [0.25, 0.3) is 0 Å². The van der Waals surface area contributed by atoms with Gasteiger partial charge in [-0.3, -0.25) is 4.68 Å². The van der Waals surface area contributed by atoms with E-state index < -0.39 is 0 Å². The molecule has 0 saturated heterocycles. The van der Waals surface area contributed by atoms with Crippen molar-refractivity contribution in [2.45, 2.75) is 26.8 Å². The van der Waals surface area contributed by atoms with Crippen LogP contribution >= 0.6 is 15.9 Å². The molecule has 0 aromatic carbocycles. The topological polar surface area (TPSA) is 42.7 Å². The molecule has 0 saturated carbocycles. The molecule has 0 fully saturated rings. The van der Waals surface area contributed by atoms with Crippen molar-refractivity contribution in [3.8, 4) is 0 Å². The number of anilines is 1. The predicted molar refractivity (Wildman–Crippen MR) is 76.6 cm³/mol. The summed E-state index contributed by atoms with van der Waals surface area (Å²) >= 11 is 3.52. The number of rotatable bonds is 4. The Morgan fingerprint density at radius 3 is 2.89 bits per heavy atom.